The van der Waals surface area contributed by atoms with Crippen LogP contribution in [-0.4, -0.2) is 5.91 Å². The van der Waals surface area contributed by atoms with Crippen molar-refractivity contribution in [3.8, 4) is 0 Å². The Kier molecular flexibility index (Phi) is 4.91. The van der Waals surface area contributed by atoms with Gasteiger partial charge in [0.05, 0.1) is 0 Å². The lowest BCUT2D eigenvalue weighted by molar-refractivity contribution is 0.0999. The van der Waals surface area contributed by atoms with Gasteiger partial charge in [0.15, 0.2) is 0 Å². The van der Waals surface area contributed by atoms with E-state index in [4.69, 9.17) is 5.73 Å². The first-order chi connectivity index (χ1) is 9.72. The van der Waals surface area contributed by atoms with Crippen LogP contribution in [-0.2, 0) is 19.5 Å². The Morgan fingerprint density at radius 1 is 0.950 bits per heavy atom. The quantitative estimate of drug-likeness (QED) is 0.846. The molecule has 0 fully saturated rings. The summed E-state index contributed by atoms with van der Waals surface area (Å²) in [7, 11) is 0. The van der Waals surface area contributed by atoms with Crippen molar-refractivity contribution in [3.63, 3.8) is 0 Å². The van der Waals surface area contributed by atoms with Crippen molar-refractivity contribution in [2.45, 2.75) is 26.4 Å². The average Bonchev–Trinajstić information content (AvgIpc) is 2.48. The molecule has 0 bridgehead atoms. The molecule has 0 saturated carbocycles. The van der Waals surface area contributed by atoms with Crippen molar-refractivity contribution in [2.75, 3.05) is 0 Å². The summed E-state index contributed by atoms with van der Waals surface area (Å²) in [5.41, 5.74) is 9.55. The molecule has 0 spiro atoms. The molecule has 0 aliphatic rings. The third-order valence-electron chi connectivity index (χ3n) is 3.41. The van der Waals surface area contributed by atoms with E-state index in [1.165, 1.54) is 11.1 Å². The maximum absolute atomic E-state index is 11.3. The molecule has 0 unspecified atom stereocenters. The average molecular weight is 268 g/mol. The summed E-state index contributed by atoms with van der Waals surface area (Å²) in [5.74, 6) is -0.378. The van der Waals surface area contributed by atoms with E-state index in [1.54, 1.807) is 6.07 Å². The molecular formula is C17H20N2O. The minimum absolute atomic E-state index is 0.378. The number of nitrogens with one attached hydrogen (secondary N) is 1. The van der Waals surface area contributed by atoms with E-state index >= 15 is 0 Å². The standard InChI is InChI=1S/C17H20N2O/c1-2-13-7-3-4-8-14(13)11-19-12-15-9-5-6-10-16(15)17(18)20/h3-10,19H,2,11-12H2,1H3,(H2,18,20). The molecule has 2 rings (SSSR count). The predicted octanol–water partition coefficient (Wildman–Crippen LogP) is 2.64. The van der Waals surface area contributed by atoms with E-state index in [-0.39, 0.29) is 5.91 Å². The zero-order valence-electron chi connectivity index (χ0n) is 11.7. The van der Waals surface area contributed by atoms with Gasteiger partial charge in [-0.3, -0.25) is 4.79 Å². The molecule has 2 aromatic carbocycles. The zero-order chi connectivity index (χ0) is 14.4. The van der Waals surface area contributed by atoms with Gasteiger partial charge in [-0.1, -0.05) is 49.4 Å². The molecule has 3 nitrogen and oxygen atoms in total. The van der Waals surface area contributed by atoms with Crippen molar-refractivity contribution < 1.29 is 4.79 Å². The highest BCUT2D eigenvalue weighted by Gasteiger charge is 2.06. The Morgan fingerprint density at radius 2 is 1.50 bits per heavy atom. The number of hydrogen-bond donors (Lipinski definition) is 2. The summed E-state index contributed by atoms with van der Waals surface area (Å²) in [6.45, 7) is 3.58. The minimum atomic E-state index is -0.378. The predicted molar refractivity (Wildman–Crippen MR) is 81.3 cm³/mol. The molecule has 3 N–H and O–H groups in total. The van der Waals surface area contributed by atoms with Gasteiger partial charge >= 0.3 is 0 Å². The van der Waals surface area contributed by atoms with Gasteiger partial charge in [0.1, 0.15) is 0 Å². The third-order valence-corrected chi connectivity index (χ3v) is 3.41. The second-order valence-corrected chi connectivity index (χ2v) is 4.75. The number of amides is 1. The number of benzene rings is 2. The van der Waals surface area contributed by atoms with Crippen LogP contribution in [0.3, 0.4) is 0 Å². The summed E-state index contributed by atoms with van der Waals surface area (Å²) in [6, 6.07) is 15.8. The number of aryl methyl sites for hydroxylation is 1. The van der Waals surface area contributed by atoms with E-state index in [9.17, 15) is 4.79 Å². The van der Waals surface area contributed by atoms with Crippen LogP contribution in [0, 0.1) is 0 Å². The third kappa shape index (κ3) is 3.45. The first-order valence-corrected chi connectivity index (χ1v) is 6.87. The molecule has 104 valence electrons. The van der Waals surface area contributed by atoms with Crippen molar-refractivity contribution in [1.29, 1.82) is 0 Å². The van der Waals surface area contributed by atoms with Gasteiger partial charge in [0.2, 0.25) is 5.91 Å². The minimum Gasteiger partial charge on any atom is -0.366 e. The van der Waals surface area contributed by atoms with E-state index in [2.05, 4.69) is 30.4 Å². The number of rotatable bonds is 6. The van der Waals surface area contributed by atoms with Crippen LogP contribution < -0.4 is 11.1 Å². The molecule has 0 atom stereocenters. The number of carbonyl (C=O) groups is 1. The van der Waals surface area contributed by atoms with Crippen LogP contribution >= 0.6 is 0 Å². The van der Waals surface area contributed by atoms with Crippen LogP contribution in [0.4, 0.5) is 0 Å². The summed E-state index contributed by atoms with van der Waals surface area (Å²) in [6.07, 6.45) is 1.02. The topological polar surface area (TPSA) is 55.1 Å². The van der Waals surface area contributed by atoms with Crippen LogP contribution in [0.25, 0.3) is 0 Å². The fourth-order valence-electron chi connectivity index (χ4n) is 2.32. The Balaban J connectivity index is 2.01. The fourth-order valence-corrected chi connectivity index (χ4v) is 2.32. The lowest BCUT2D eigenvalue weighted by atomic mass is 10.0. The maximum atomic E-state index is 11.3. The van der Waals surface area contributed by atoms with Gasteiger partial charge in [0.25, 0.3) is 0 Å². The molecule has 0 aliphatic carbocycles. The van der Waals surface area contributed by atoms with Gasteiger partial charge in [-0.15, -0.1) is 0 Å². The molecule has 0 heterocycles. The maximum Gasteiger partial charge on any atom is 0.249 e. The zero-order valence-corrected chi connectivity index (χ0v) is 11.7. The Morgan fingerprint density at radius 3 is 2.15 bits per heavy atom. The van der Waals surface area contributed by atoms with Crippen LogP contribution in [0.15, 0.2) is 48.5 Å². The number of primary amides is 1. The van der Waals surface area contributed by atoms with E-state index < -0.39 is 0 Å². The molecular weight excluding hydrogens is 248 g/mol. The highest BCUT2D eigenvalue weighted by molar-refractivity contribution is 5.94. The summed E-state index contributed by atoms with van der Waals surface area (Å²) in [4.78, 5) is 11.3. The van der Waals surface area contributed by atoms with Crippen molar-refractivity contribution >= 4 is 5.91 Å². The number of hydrogen-bond acceptors (Lipinski definition) is 2. The van der Waals surface area contributed by atoms with Gasteiger partial charge in [0, 0.05) is 18.7 Å². The van der Waals surface area contributed by atoms with Gasteiger partial charge in [-0.2, -0.15) is 0 Å². The number of nitrogens with two attached hydrogens (primary N) is 1. The Labute approximate surface area is 119 Å². The van der Waals surface area contributed by atoms with Crippen molar-refractivity contribution in [3.05, 3.63) is 70.8 Å². The first kappa shape index (κ1) is 14.3. The second-order valence-electron chi connectivity index (χ2n) is 4.75. The summed E-state index contributed by atoms with van der Waals surface area (Å²) < 4.78 is 0. The smallest absolute Gasteiger partial charge is 0.249 e. The molecule has 0 aromatic heterocycles. The van der Waals surface area contributed by atoms with Gasteiger partial charge in [-0.25, -0.2) is 0 Å². The van der Waals surface area contributed by atoms with E-state index in [0.717, 1.165) is 18.5 Å². The van der Waals surface area contributed by atoms with Crippen LogP contribution in [0.2, 0.25) is 0 Å². The van der Waals surface area contributed by atoms with Gasteiger partial charge in [-0.05, 0) is 29.2 Å². The Bertz CT molecular complexity index is 593. The van der Waals surface area contributed by atoms with E-state index in [0.29, 0.717) is 12.1 Å². The lowest BCUT2D eigenvalue weighted by Gasteiger charge is -2.11. The van der Waals surface area contributed by atoms with Gasteiger partial charge < -0.3 is 11.1 Å². The highest BCUT2D eigenvalue weighted by Crippen LogP contribution is 2.11. The van der Waals surface area contributed by atoms with Crippen molar-refractivity contribution in [2.24, 2.45) is 5.73 Å². The molecule has 2 aromatic rings. The second kappa shape index (κ2) is 6.87. The molecule has 20 heavy (non-hydrogen) atoms. The summed E-state index contributed by atoms with van der Waals surface area (Å²) >= 11 is 0. The first-order valence-electron chi connectivity index (χ1n) is 6.87. The molecule has 0 aliphatic heterocycles. The fraction of sp³-hybridized carbons (Fsp3) is 0.235. The highest BCUT2D eigenvalue weighted by atomic mass is 16.1. The lowest BCUT2D eigenvalue weighted by Crippen LogP contribution is -2.19. The molecule has 0 radical (unpaired) electrons. The van der Waals surface area contributed by atoms with Crippen molar-refractivity contribution in [1.82, 2.24) is 5.32 Å². The normalized spacial score (nSPS) is 10.4. The van der Waals surface area contributed by atoms with Crippen LogP contribution in [0.5, 0.6) is 0 Å². The molecule has 1 amide bonds. The largest absolute Gasteiger partial charge is 0.366 e. The Hall–Kier alpha value is -2.13. The molecule has 3 heteroatoms. The van der Waals surface area contributed by atoms with Crippen LogP contribution in [0.1, 0.15) is 34.0 Å². The summed E-state index contributed by atoms with van der Waals surface area (Å²) in [5, 5.41) is 3.38. The number of carbonyl (C=O) groups excluding carboxylic acids is 1. The molecule has 0 saturated heterocycles. The SMILES string of the molecule is CCc1ccccc1CNCc1ccccc1C(N)=O. The van der Waals surface area contributed by atoms with E-state index in [1.807, 2.05) is 24.3 Å². The monoisotopic (exact) mass is 268 g/mol.